The van der Waals surface area contributed by atoms with Gasteiger partial charge in [0.25, 0.3) is 0 Å². The molecule has 1 aliphatic heterocycles. The largest absolute Gasteiger partial charge is 0.495 e. The van der Waals surface area contributed by atoms with Gasteiger partial charge >= 0.3 is 0 Å². The van der Waals surface area contributed by atoms with Crippen molar-refractivity contribution in [1.29, 1.82) is 0 Å². The lowest BCUT2D eigenvalue weighted by Crippen LogP contribution is -2.40. The highest BCUT2D eigenvalue weighted by molar-refractivity contribution is 7.89. The van der Waals surface area contributed by atoms with Crippen molar-refractivity contribution in [3.63, 3.8) is 0 Å². The fourth-order valence-corrected chi connectivity index (χ4v) is 5.08. The first-order chi connectivity index (χ1) is 15.2. The highest BCUT2D eigenvalue weighted by Gasteiger charge is 2.29. The minimum atomic E-state index is -3.80. The Kier molecular flexibility index (Phi) is 7.73. The average molecular weight is 482 g/mol. The Morgan fingerprint density at radius 1 is 1.12 bits per heavy atom. The van der Waals surface area contributed by atoms with Crippen molar-refractivity contribution in [2.75, 3.05) is 44.0 Å². The van der Waals surface area contributed by atoms with E-state index in [9.17, 15) is 18.0 Å². The van der Waals surface area contributed by atoms with Crippen molar-refractivity contribution < 1.29 is 27.5 Å². The van der Waals surface area contributed by atoms with Crippen LogP contribution < -0.4 is 15.4 Å². The van der Waals surface area contributed by atoms with Crippen molar-refractivity contribution in [3.05, 3.63) is 47.0 Å². The van der Waals surface area contributed by atoms with Gasteiger partial charge in [0, 0.05) is 25.7 Å². The molecule has 0 aliphatic carbocycles. The third-order valence-electron chi connectivity index (χ3n) is 4.74. The van der Waals surface area contributed by atoms with Gasteiger partial charge in [0.2, 0.25) is 21.8 Å². The molecule has 2 aromatic rings. The number of sulfonamides is 1. The van der Waals surface area contributed by atoms with Gasteiger partial charge in [-0.25, -0.2) is 8.42 Å². The second kappa shape index (κ2) is 10.3. The predicted molar refractivity (Wildman–Crippen MR) is 121 cm³/mol. The number of ether oxygens (including phenoxy) is 2. The number of carbonyl (C=O) groups excluding carboxylic acids is 2. The first-order valence-corrected chi connectivity index (χ1v) is 11.6. The highest BCUT2D eigenvalue weighted by atomic mass is 35.5. The van der Waals surface area contributed by atoms with E-state index in [0.29, 0.717) is 30.2 Å². The van der Waals surface area contributed by atoms with Gasteiger partial charge in [-0.2, -0.15) is 4.31 Å². The molecular formula is C21H24ClN3O6S. The number of carbonyl (C=O) groups is 2. The number of benzene rings is 2. The van der Waals surface area contributed by atoms with E-state index in [1.165, 1.54) is 36.5 Å². The van der Waals surface area contributed by atoms with Crippen molar-refractivity contribution in [2.24, 2.45) is 0 Å². The maximum absolute atomic E-state index is 13.1. The summed E-state index contributed by atoms with van der Waals surface area (Å²) >= 11 is 6.19. The molecule has 32 heavy (non-hydrogen) atoms. The molecule has 0 aromatic heterocycles. The van der Waals surface area contributed by atoms with Crippen LogP contribution in [0, 0.1) is 0 Å². The molecule has 1 heterocycles. The van der Waals surface area contributed by atoms with E-state index in [1.54, 1.807) is 18.2 Å². The topological polar surface area (TPSA) is 114 Å². The number of halogens is 1. The number of rotatable bonds is 7. The standard InChI is InChI=1S/C21H24ClN3O6S/c1-14(26)23-16-4-5-18(17(22)13-16)24-21(27)12-15-3-6-19(30-2)20(11-15)32(28,29)25-7-9-31-10-8-25/h3-6,11,13H,7-10,12H2,1-2H3,(H,23,26)(H,24,27). The lowest BCUT2D eigenvalue weighted by Gasteiger charge is -2.26. The second-order valence-corrected chi connectivity index (χ2v) is 9.42. The maximum Gasteiger partial charge on any atom is 0.246 e. The summed E-state index contributed by atoms with van der Waals surface area (Å²) in [5, 5.41) is 5.56. The van der Waals surface area contributed by atoms with Gasteiger partial charge in [0.1, 0.15) is 10.6 Å². The second-order valence-electron chi connectivity index (χ2n) is 7.10. The Balaban J connectivity index is 1.77. The Hall–Kier alpha value is -2.66. The third-order valence-corrected chi connectivity index (χ3v) is 6.98. The summed E-state index contributed by atoms with van der Waals surface area (Å²) in [4.78, 5) is 23.7. The summed E-state index contributed by atoms with van der Waals surface area (Å²) < 4.78 is 38.0. The lowest BCUT2D eigenvalue weighted by atomic mass is 10.1. The van der Waals surface area contributed by atoms with Crippen LogP contribution in [0.5, 0.6) is 5.75 Å². The van der Waals surface area contributed by atoms with E-state index < -0.39 is 10.0 Å². The fourth-order valence-electron chi connectivity index (χ4n) is 3.24. The van der Waals surface area contributed by atoms with Crippen LogP contribution in [0.15, 0.2) is 41.3 Å². The van der Waals surface area contributed by atoms with Crippen LogP contribution in [0.4, 0.5) is 11.4 Å². The third kappa shape index (κ3) is 5.77. The van der Waals surface area contributed by atoms with Gasteiger partial charge in [-0.15, -0.1) is 0 Å². The molecule has 1 fully saturated rings. The summed E-state index contributed by atoms with van der Waals surface area (Å²) in [6.45, 7) is 2.54. The summed E-state index contributed by atoms with van der Waals surface area (Å²) in [6, 6.07) is 9.34. The summed E-state index contributed by atoms with van der Waals surface area (Å²) in [5.74, 6) is -0.406. The molecule has 2 aromatic carbocycles. The van der Waals surface area contributed by atoms with Crippen molar-refractivity contribution in [1.82, 2.24) is 4.31 Å². The molecule has 0 unspecified atom stereocenters. The van der Waals surface area contributed by atoms with E-state index >= 15 is 0 Å². The van der Waals surface area contributed by atoms with Crippen LogP contribution >= 0.6 is 11.6 Å². The molecule has 9 nitrogen and oxygen atoms in total. The number of anilines is 2. The molecule has 1 aliphatic rings. The number of hydrogen-bond donors (Lipinski definition) is 2. The number of morpholine rings is 1. The number of nitrogens with one attached hydrogen (secondary N) is 2. The molecule has 11 heteroatoms. The summed E-state index contributed by atoms with van der Waals surface area (Å²) in [7, 11) is -2.41. The Bertz CT molecular complexity index is 1120. The molecule has 3 rings (SSSR count). The SMILES string of the molecule is COc1ccc(CC(=O)Nc2ccc(NC(C)=O)cc2Cl)cc1S(=O)(=O)N1CCOCC1. The predicted octanol–water partition coefficient (Wildman–Crippen LogP) is 2.51. The van der Waals surface area contributed by atoms with Gasteiger partial charge in [-0.3, -0.25) is 9.59 Å². The average Bonchev–Trinajstić information content (AvgIpc) is 2.76. The molecule has 0 spiro atoms. The summed E-state index contributed by atoms with van der Waals surface area (Å²) in [6.07, 6.45) is -0.0700. The number of amides is 2. The van der Waals surface area contributed by atoms with Gasteiger partial charge < -0.3 is 20.1 Å². The molecule has 0 saturated carbocycles. The minimum Gasteiger partial charge on any atom is -0.495 e. The maximum atomic E-state index is 13.1. The lowest BCUT2D eigenvalue weighted by molar-refractivity contribution is -0.116. The van der Waals surface area contributed by atoms with Crippen LogP contribution in [0.25, 0.3) is 0 Å². The first kappa shape index (κ1) is 24.0. The number of hydrogen-bond acceptors (Lipinski definition) is 6. The zero-order valence-electron chi connectivity index (χ0n) is 17.7. The number of nitrogens with zero attached hydrogens (tertiary/aromatic N) is 1. The Labute approximate surface area is 191 Å². The van der Waals surface area contributed by atoms with Crippen molar-refractivity contribution in [2.45, 2.75) is 18.2 Å². The van der Waals surface area contributed by atoms with E-state index in [1.807, 2.05) is 0 Å². The quantitative estimate of drug-likeness (QED) is 0.628. The van der Waals surface area contributed by atoms with E-state index in [4.69, 9.17) is 21.1 Å². The van der Waals surface area contributed by atoms with Crippen molar-refractivity contribution >= 4 is 44.8 Å². The molecular weight excluding hydrogens is 458 g/mol. The van der Waals surface area contributed by atoms with E-state index in [0.717, 1.165) is 0 Å². The van der Waals surface area contributed by atoms with E-state index in [-0.39, 0.29) is 47.0 Å². The van der Waals surface area contributed by atoms with Gasteiger partial charge in [0.05, 0.1) is 37.5 Å². The highest BCUT2D eigenvalue weighted by Crippen LogP contribution is 2.29. The van der Waals surface area contributed by atoms with E-state index in [2.05, 4.69) is 10.6 Å². The molecule has 2 amide bonds. The molecule has 2 N–H and O–H groups in total. The Morgan fingerprint density at radius 3 is 2.47 bits per heavy atom. The van der Waals surface area contributed by atoms with Crippen LogP contribution in [0.1, 0.15) is 12.5 Å². The van der Waals surface area contributed by atoms with Gasteiger partial charge in [0.15, 0.2) is 0 Å². The van der Waals surface area contributed by atoms with Crippen LogP contribution in [0.2, 0.25) is 5.02 Å². The molecule has 0 radical (unpaired) electrons. The summed E-state index contributed by atoms with van der Waals surface area (Å²) in [5.41, 5.74) is 1.38. The van der Waals surface area contributed by atoms with Gasteiger partial charge in [-0.05, 0) is 35.9 Å². The monoisotopic (exact) mass is 481 g/mol. The smallest absolute Gasteiger partial charge is 0.246 e. The van der Waals surface area contributed by atoms with Crippen molar-refractivity contribution in [3.8, 4) is 5.75 Å². The normalized spacial score (nSPS) is 14.6. The molecule has 172 valence electrons. The van der Waals surface area contributed by atoms with Crippen LogP contribution in [-0.2, 0) is 30.8 Å². The first-order valence-electron chi connectivity index (χ1n) is 9.82. The zero-order chi connectivity index (χ0) is 23.3. The zero-order valence-corrected chi connectivity index (χ0v) is 19.3. The Morgan fingerprint density at radius 2 is 1.84 bits per heavy atom. The minimum absolute atomic E-state index is 0.00453. The van der Waals surface area contributed by atoms with Crippen LogP contribution in [-0.4, -0.2) is 58.0 Å². The number of methoxy groups -OCH3 is 1. The van der Waals surface area contributed by atoms with Gasteiger partial charge in [-0.1, -0.05) is 17.7 Å². The molecule has 1 saturated heterocycles. The van der Waals surface area contributed by atoms with Crippen LogP contribution in [0.3, 0.4) is 0 Å². The molecule has 0 atom stereocenters. The molecule has 0 bridgehead atoms. The fraction of sp³-hybridized carbons (Fsp3) is 0.333.